The molecule has 1 saturated heterocycles. The van der Waals surface area contributed by atoms with E-state index < -0.39 is 0 Å². The first-order chi connectivity index (χ1) is 10.0. The molecule has 0 spiro atoms. The molecule has 0 atom stereocenters. The molecule has 1 aromatic carbocycles. The van der Waals surface area contributed by atoms with Crippen LogP contribution in [0.15, 0.2) is 24.3 Å². The summed E-state index contributed by atoms with van der Waals surface area (Å²) in [7, 11) is 1.58. The third-order valence-corrected chi connectivity index (χ3v) is 3.69. The van der Waals surface area contributed by atoms with E-state index in [9.17, 15) is 9.59 Å². The number of ether oxygens (including phenoxy) is 1. The van der Waals surface area contributed by atoms with Crippen molar-refractivity contribution in [2.24, 2.45) is 5.92 Å². The Morgan fingerprint density at radius 2 is 1.71 bits per heavy atom. The first kappa shape index (κ1) is 15.4. The highest BCUT2D eigenvalue weighted by Crippen LogP contribution is 2.16. The second kappa shape index (κ2) is 6.61. The molecule has 114 valence electrons. The van der Waals surface area contributed by atoms with Gasteiger partial charge in [-0.15, -0.1) is 0 Å². The summed E-state index contributed by atoms with van der Waals surface area (Å²) in [6.07, 6.45) is 0. The van der Waals surface area contributed by atoms with Crippen LogP contribution in [0, 0.1) is 5.92 Å². The molecular weight excluding hydrogens is 268 g/mol. The Morgan fingerprint density at radius 3 is 2.29 bits per heavy atom. The van der Waals surface area contributed by atoms with Crippen LogP contribution in [0.2, 0.25) is 0 Å². The van der Waals surface area contributed by atoms with Gasteiger partial charge in [0.1, 0.15) is 5.75 Å². The van der Waals surface area contributed by atoms with Crippen LogP contribution < -0.4 is 4.74 Å². The number of methoxy groups -OCH3 is 1. The number of hydrogen-bond donors (Lipinski definition) is 0. The lowest BCUT2D eigenvalue weighted by atomic mass is 10.1. The largest absolute Gasteiger partial charge is 0.497 e. The average Bonchev–Trinajstić information content (AvgIpc) is 2.53. The SMILES string of the molecule is COc1cccc(C(=O)N2CCN(C(=O)C(C)C)CC2)c1. The standard InChI is InChI=1S/C16H22N2O3/c1-12(2)15(19)17-7-9-18(10-8-17)16(20)13-5-4-6-14(11-13)21-3/h4-6,11-12H,7-10H2,1-3H3. The summed E-state index contributed by atoms with van der Waals surface area (Å²) >= 11 is 0. The van der Waals surface area contributed by atoms with Crippen molar-refractivity contribution in [3.05, 3.63) is 29.8 Å². The fourth-order valence-electron chi connectivity index (χ4n) is 2.43. The summed E-state index contributed by atoms with van der Waals surface area (Å²) in [5.41, 5.74) is 0.623. The molecule has 1 aromatic rings. The number of carbonyl (C=O) groups is 2. The quantitative estimate of drug-likeness (QED) is 0.850. The normalized spacial score (nSPS) is 15.2. The minimum Gasteiger partial charge on any atom is -0.497 e. The van der Waals surface area contributed by atoms with E-state index in [0.717, 1.165) is 0 Å². The first-order valence-electron chi connectivity index (χ1n) is 7.25. The van der Waals surface area contributed by atoms with Gasteiger partial charge >= 0.3 is 0 Å². The molecule has 1 aliphatic heterocycles. The van der Waals surface area contributed by atoms with E-state index >= 15 is 0 Å². The molecule has 2 rings (SSSR count). The van der Waals surface area contributed by atoms with Crippen LogP contribution in [0.25, 0.3) is 0 Å². The molecule has 0 radical (unpaired) electrons. The van der Waals surface area contributed by atoms with Gasteiger partial charge in [0.2, 0.25) is 5.91 Å². The van der Waals surface area contributed by atoms with Crippen molar-refractivity contribution < 1.29 is 14.3 Å². The monoisotopic (exact) mass is 290 g/mol. The molecule has 5 heteroatoms. The Balaban J connectivity index is 1.98. The van der Waals surface area contributed by atoms with Crippen molar-refractivity contribution in [2.75, 3.05) is 33.3 Å². The molecule has 21 heavy (non-hydrogen) atoms. The van der Waals surface area contributed by atoms with Gasteiger partial charge in [-0.2, -0.15) is 0 Å². The van der Waals surface area contributed by atoms with Crippen LogP contribution in [0.1, 0.15) is 24.2 Å². The highest BCUT2D eigenvalue weighted by Gasteiger charge is 2.25. The van der Waals surface area contributed by atoms with Gasteiger partial charge in [-0.25, -0.2) is 0 Å². The maximum atomic E-state index is 12.4. The number of rotatable bonds is 3. The van der Waals surface area contributed by atoms with Crippen LogP contribution >= 0.6 is 0 Å². The maximum Gasteiger partial charge on any atom is 0.254 e. The summed E-state index contributed by atoms with van der Waals surface area (Å²) in [4.78, 5) is 28.0. The van der Waals surface area contributed by atoms with E-state index in [1.807, 2.05) is 30.9 Å². The topological polar surface area (TPSA) is 49.9 Å². The zero-order valence-electron chi connectivity index (χ0n) is 12.8. The Morgan fingerprint density at radius 1 is 1.10 bits per heavy atom. The Labute approximate surface area is 125 Å². The van der Waals surface area contributed by atoms with Crippen LogP contribution in [0.5, 0.6) is 5.75 Å². The second-order valence-electron chi connectivity index (χ2n) is 5.50. The van der Waals surface area contributed by atoms with E-state index in [2.05, 4.69) is 0 Å². The molecule has 5 nitrogen and oxygen atoms in total. The molecule has 0 bridgehead atoms. The summed E-state index contributed by atoms with van der Waals surface area (Å²) < 4.78 is 5.14. The predicted molar refractivity (Wildman–Crippen MR) is 80.3 cm³/mol. The Bertz CT molecular complexity index is 520. The molecule has 0 unspecified atom stereocenters. The Kier molecular flexibility index (Phi) is 4.83. The fourth-order valence-corrected chi connectivity index (χ4v) is 2.43. The highest BCUT2D eigenvalue weighted by molar-refractivity contribution is 5.94. The molecule has 1 heterocycles. The zero-order valence-corrected chi connectivity index (χ0v) is 12.8. The van der Waals surface area contributed by atoms with Crippen LogP contribution in [0.4, 0.5) is 0 Å². The lowest BCUT2D eigenvalue weighted by Crippen LogP contribution is -2.51. The van der Waals surface area contributed by atoms with Crippen LogP contribution in [-0.2, 0) is 4.79 Å². The van der Waals surface area contributed by atoms with Crippen LogP contribution in [-0.4, -0.2) is 54.9 Å². The molecule has 0 N–H and O–H groups in total. The fraction of sp³-hybridized carbons (Fsp3) is 0.500. The summed E-state index contributed by atoms with van der Waals surface area (Å²) in [6, 6.07) is 7.16. The number of carbonyl (C=O) groups excluding carboxylic acids is 2. The predicted octanol–water partition coefficient (Wildman–Crippen LogP) is 1.64. The van der Waals surface area contributed by atoms with Crippen molar-refractivity contribution >= 4 is 11.8 Å². The minimum atomic E-state index is -0.00875. The number of benzene rings is 1. The van der Waals surface area contributed by atoms with Gasteiger partial charge in [-0.3, -0.25) is 9.59 Å². The summed E-state index contributed by atoms with van der Waals surface area (Å²) in [5.74, 6) is 0.828. The van der Waals surface area contributed by atoms with Gasteiger partial charge < -0.3 is 14.5 Å². The van der Waals surface area contributed by atoms with E-state index in [1.165, 1.54) is 0 Å². The second-order valence-corrected chi connectivity index (χ2v) is 5.50. The highest BCUT2D eigenvalue weighted by atomic mass is 16.5. The lowest BCUT2D eigenvalue weighted by Gasteiger charge is -2.35. The smallest absolute Gasteiger partial charge is 0.254 e. The Hall–Kier alpha value is -2.04. The summed E-state index contributed by atoms with van der Waals surface area (Å²) in [6.45, 7) is 6.16. The van der Waals surface area contributed by atoms with Crippen molar-refractivity contribution in [1.29, 1.82) is 0 Å². The number of piperazine rings is 1. The third-order valence-electron chi connectivity index (χ3n) is 3.69. The van der Waals surface area contributed by atoms with Gasteiger partial charge in [0.25, 0.3) is 5.91 Å². The number of nitrogens with zero attached hydrogens (tertiary/aromatic N) is 2. The molecule has 0 aromatic heterocycles. The molecule has 0 saturated carbocycles. The molecular formula is C16H22N2O3. The van der Waals surface area contributed by atoms with Crippen molar-refractivity contribution in [1.82, 2.24) is 9.80 Å². The molecule has 1 aliphatic rings. The average molecular weight is 290 g/mol. The van der Waals surface area contributed by atoms with Gasteiger partial charge in [0.05, 0.1) is 7.11 Å². The number of hydrogen-bond acceptors (Lipinski definition) is 3. The zero-order chi connectivity index (χ0) is 15.4. The first-order valence-corrected chi connectivity index (χ1v) is 7.25. The van der Waals surface area contributed by atoms with E-state index in [4.69, 9.17) is 4.74 Å². The van der Waals surface area contributed by atoms with E-state index in [-0.39, 0.29) is 17.7 Å². The maximum absolute atomic E-state index is 12.4. The molecule has 2 amide bonds. The number of amides is 2. The summed E-state index contributed by atoms with van der Waals surface area (Å²) in [5, 5.41) is 0. The van der Waals surface area contributed by atoms with Crippen molar-refractivity contribution in [3.8, 4) is 5.75 Å². The van der Waals surface area contributed by atoms with Gasteiger partial charge in [0, 0.05) is 37.7 Å². The van der Waals surface area contributed by atoms with Crippen molar-refractivity contribution in [3.63, 3.8) is 0 Å². The van der Waals surface area contributed by atoms with Crippen LogP contribution in [0.3, 0.4) is 0 Å². The van der Waals surface area contributed by atoms with Gasteiger partial charge in [-0.05, 0) is 18.2 Å². The minimum absolute atomic E-state index is 0.00522. The molecule has 0 aliphatic carbocycles. The van der Waals surface area contributed by atoms with E-state index in [1.54, 1.807) is 24.1 Å². The van der Waals surface area contributed by atoms with Crippen molar-refractivity contribution in [2.45, 2.75) is 13.8 Å². The lowest BCUT2D eigenvalue weighted by molar-refractivity contribution is -0.135. The van der Waals surface area contributed by atoms with Gasteiger partial charge in [0.15, 0.2) is 0 Å². The molecule has 1 fully saturated rings. The van der Waals surface area contributed by atoms with E-state index in [0.29, 0.717) is 37.5 Å². The third kappa shape index (κ3) is 3.54. The van der Waals surface area contributed by atoms with Gasteiger partial charge in [-0.1, -0.05) is 19.9 Å².